The molecule has 0 bridgehead atoms. The van der Waals surface area contributed by atoms with Gasteiger partial charge < -0.3 is 15.0 Å². The molecule has 1 N–H and O–H groups in total. The molecule has 0 atom stereocenters. The highest BCUT2D eigenvalue weighted by atomic mass is 35.5. The van der Waals surface area contributed by atoms with Crippen molar-refractivity contribution in [1.29, 1.82) is 0 Å². The molecule has 2 aromatic rings. The van der Waals surface area contributed by atoms with Crippen LogP contribution in [-0.4, -0.2) is 62.9 Å². The third-order valence-electron chi connectivity index (χ3n) is 4.81. The first-order chi connectivity index (χ1) is 14.3. The summed E-state index contributed by atoms with van der Waals surface area (Å²) in [5.74, 6) is -0.765. The van der Waals surface area contributed by atoms with Crippen molar-refractivity contribution in [2.24, 2.45) is 0 Å². The number of ether oxygens (including phenoxy) is 1. The zero-order valence-electron chi connectivity index (χ0n) is 16.5. The van der Waals surface area contributed by atoms with Gasteiger partial charge in [0.1, 0.15) is 11.6 Å². The molecule has 1 saturated heterocycles. The van der Waals surface area contributed by atoms with Crippen molar-refractivity contribution in [2.45, 2.75) is 11.8 Å². The smallest absolute Gasteiger partial charge is 0.262 e. The van der Waals surface area contributed by atoms with Crippen molar-refractivity contribution < 1.29 is 22.3 Å². The van der Waals surface area contributed by atoms with E-state index in [9.17, 15) is 17.6 Å². The van der Waals surface area contributed by atoms with Crippen LogP contribution in [0.2, 0.25) is 5.02 Å². The summed E-state index contributed by atoms with van der Waals surface area (Å²) < 4.78 is 45.4. The van der Waals surface area contributed by atoms with E-state index in [0.29, 0.717) is 31.9 Å². The van der Waals surface area contributed by atoms with E-state index < -0.39 is 21.7 Å². The highest BCUT2D eigenvalue weighted by molar-refractivity contribution is 7.89. The number of nitrogens with one attached hydrogen (secondary N) is 1. The van der Waals surface area contributed by atoms with Gasteiger partial charge in [-0.15, -0.1) is 0 Å². The molecule has 1 fully saturated rings. The minimum absolute atomic E-state index is 0.0668. The minimum Gasteiger partial charge on any atom is -0.482 e. The fourth-order valence-corrected chi connectivity index (χ4v) is 4.72. The summed E-state index contributed by atoms with van der Waals surface area (Å²) in [6.45, 7) is 4.96. The molecular weight excluding hydrogens is 433 g/mol. The van der Waals surface area contributed by atoms with Gasteiger partial charge in [-0.2, -0.15) is 4.31 Å². The molecule has 10 heteroatoms. The van der Waals surface area contributed by atoms with Crippen LogP contribution in [0.15, 0.2) is 47.4 Å². The number of carbonyl (C=O) groups excluding carboxylic acids is 1. The summed E-state index contributed by atoms with van der Waals surface area (Å²) in [7, 11) is -3.57. The summed E-state index contributed by atoms with van der Waals surface area (Å²) in [4.78, 5) is 14.4. The lowest BCUT2D eigenvalue weighted by Gasteiger charge is -2.33. The molecule has 0 saturated carbocycles. The maximum absolute atomic E-state index is 13.0. The maximum Gasteiger partial charge on any atom is 0.262 e. The molecule has 162 valence electrons. The van der Waals surface area contributed by atoms with Crippen LogP contribution in [-0.2, 0) is 14.8 Å². The predicted molar refractivity (Wildman–Crippen MR) is 113 cm³/mol. The molecule has 2 aromatic carbocycles. The Bertz CT molecular complexity index is 994. The van der Waals surface area contributed by atoms with Crippen LogP contribution in [0.1, 0.15) is 6.92 Å². The molecular formula is C20H23ClFN3O4S. The fraction of sp³-hybridized carbons (Fsp3) is 0.350. The Hall–Kier alpha value is -2.20. The third-order valence-corrected chi connectivity index (χ3v) is 7.02. The van der Waals surface area contributed by atoms with Gasteiger partial charge in [-0.25, -0.2) is 12.8 Å². The van der Waals surface area contributed by atoms with E-state index in [0.717, 1.165) is 12.6 Å². The molecule has 1 aliphatic heterocycles. The summed E-state index contributed by atoms with van der Waals surface area (Å²) >= 11 is 5.85. The second-order valence-electron chi connectivity index (χ2n) is 6.77. The van der Waals surface area contributed by atoms with Gasteiger partial charge in [0.15, 0.2) is 6.61 Å². The summed E-state index contributed by atoms with van der Waals surface area (Å²) in [5, 5.41) is 2.69. The van der Waals surface area contributed by atoms with E-state index in [2.05, 4.69) is 17.1 Å². The normalized spacial score (nSPS) is 15.7. The molecule has 3 rings (SSSR count). The van der Waals surface area contributed by atoms with Gasteiger partial charge in [0.2, 0.25) is 10.0 Å². The summed E-state index contributed by atoms with van der Waals surface area (Å²) in [6, 6.07) is 9.60. The highest BCUT2D eigenvalue weighted by Crippen LogP contribution is 2.25. The monoisotopic (exact) mass is 455 g/mol. The Balaban J connectivity index is 1.56. The van der Waals surface area contributed by atoms with E-state index >= 15 is 0 Å². The number of anilines is 1. The number of piperazine rings is 1. The number of nitrogens with zero attached hydrogens (tertiary/aromatic N) is 2. The first kappa shape index (κ1) is 22.5. The Kier molecular flexibility index (Phi) is 7.30. The summed E-state index contributed by atoms with van der Waals surface area (Å²) in [5.41, 5.74) is 0.434. The number of carbonyl (C=O) groups is 1. The highest BCUT2D eigenvalue weighted by Gasteiger charge is 2.27. The maximum atomic E-state index is 13.0. The zero-order valence-corrected chi connectivity index (χ0v) is 18.0. The fourth-order valence-electron chi connectivity index (χ4n) is 3.08. The minimum atomic E-state index is -3.57. The van der Waals surface area contributed by atoms with Gasteiger partial charge in [-0.05, 0) is 49.0 Å². The van der Waals surface area contributed by atoms with Crippen molar-refractivity contribution in [1.82, 2.24) is 9.21 Å². The number of halogens is 2. The van der Waals surface area contributed by atoms with Crippen LogP contribution in [0, 0.1) is 5.82 Å². The van der Waals surface area contributed by atoms with Gasteiger partial charge in [0.05, 0.1) is 9.92 Å². The molecule has 0 unspecified atom stereocenters. The molecule has 1 heterocycles. The SMILES string of the molecule is CCN1CCN(S(=O)(=O)c2ccc(NC(=O)COc3ccc(F)cc3Cl)cc2)CC1. The molecule has 0 aliphatic carbocycles. The summed E-state index contributed by atoms with van der Waals surface area (Å²) in [6.07, 6.45) is 0. The number of hydrogen-bond acceptors (Lipinski definition) is 5. The number of sulfonamides is 1. The van der Waals surface area contributed by atoms with E-state index in [1.807, 2.05) is 0 Å². The van der Waals surface area contributed by atoms with Gasteiger partial charge in [0, 0.05) is 31.9 Å². The second-order valence-corrected chi connectivity index (χ2v) is 9.12. The lowest BCUT2D eigenvalue weighted by Crippen LogP contribution is -2.48. The van der Waals surface area contributed by atoms with Crippen molar-refractivity contribution in [3.8, 4) is 5.75 Å². The van der Waals surface area contributed by atoms with Crippen LogP contribution in [0.4, 0.5) is 10.1 Å². The second kappa shape index (κ2) is 9.74. The van der Waals surface area contributed by atoms with Crippen LogP contribution in [0.5, 0.6) is 5.75 Å². The third kappa shape index (κ3) is 5.48. The van der Waals surface area contributed by atoms with Gasteiger partial charge in [-0.3, -0.25) is 4.79 Å². The number of hydrogen-bond donors (Lipinski definition) is 1. The standard InChI is InChI=1S/C20H23ClFN3O4S/c1-2-24-9-11-25(12-10-24)30(27,28)17-6-4-16(5-7-17)23-20(26)14-29-19-8-3-15(22)13-18(19)21/h3-8,13H,2,9-12,14H2,1H3,(H,23,26). The van der Waals surface area contributed by atoms with Crippen LogP contribution in [0.3, 0.4) is 0 Å². The first-order valence-electron chi connectivity index (χ1n) is 9.50. The Morgan fingerprint density at radius 2 is 1.80 bits per heavy atom. The van der Waals surface area contributed by atoms with Crippen molar-refractivity contribution in [3.63, 3.8) is 0 Å². The Morgan fingerprint density at radius 1 is 1.13 bits per heavy atom. The van der Waals surface area contributed by atoms with Gasteiger partial charge in [-0.1, -0.05) is 18.5 Å². The van der Waals surface area contributed by atoms with Crippen LogP contribution >= 0.6 is 11.6 Å². The van der Waals surface area contributed by atoms with E-state index in [1.54, 1.807) is 0 Å². The van der Waals surface area contributed by atoms with E-state index in [4.69, 9.17) is 16.3 Å². The largest absolute Gasteiger partial charge is 0.482 e. The molecule has 1 aliphatic rings. The lowest BCUT2D eigenvalue weighted by molar-refractivity contribution is -0.118. The molecule has 30 heavy (non-hydrogen) atoms. The van der Waals surface area contributed by atoms with Crippen molar-refractivity contribution >= 4 is 33.2 Å². The Morgan fingerprint density at radius 3 is 2.40 bits per heavy atom. The number of benzene rings is 2. The van der Waals surface area contributed by atoms with Crippen molar-refractivity contribution in [2.75, 3.05) is 44.6 Å². The topological polar surface area (TPSA) is 79.0 Å². The molecule has 0 spiro atoms. The molecule has 0 aromatic heterocycles. The zero-order chi connectivity index (χ0) is 21.7. The van der Waals surface area contributed by atoms with Crippen LogP contribution in [0.25, 0.3) is 0 Å². The Labute approximate surface area is 180 Å². The lowest BCUT2D eigenvalue weighted by atomic mass is 10.3. The average molecular weight is 456 g/mol. The molecule has 7 nitrogen and oxygen atoms in total. The van der Waals surface area contributed by atoms with E-state index in [1.165, 1.54) is 40.7 Å². The van der Waals surface area contributed by atoms with Gasteiger partial charge >= 0.3 is 0 Å². The van der Waals surface area contributed by atoms with Gasteiger partial charge in [0.25, 0.3) is 5.91 Å². The molecule has 0 radical (unpaired) electrons. The predicted octanol–water partition coefficient (Wildman–Crippen LogP) is 2.82. The first-order valence-corrected chi connectivity index (χ1v) is 11.3. The van der Waals surface area contributed by atoms with Crippen molar-refractivity contribution in [3.05, 3.63) is 53.3 Å². The number of amides is 1. The number of likely N-dealkylation sites (N-methyl/N-ethyl adjacent to an activating group) is 1. The van der Waals surface area contributed by atoms with Crippen LogP contribution < -0.4 is 10.1 Å². The number of rotatable bonds is 7. The van der Waals surface area contributed by atoms with E-state index in [-0.39, 0.29) is 22.3 Å². The average Bonchev–Trinajstić information content (AvgIpc) is 2.73. The molecule has 1 amide bonds. The quantitative estimate of drug-likeness (QED) is 0.694.